The molecule has 0 fully saturated rings. The van der Waals surface area contributed by atoms with Crippen LogP contribution in [0.25, 0.3) is 0 Å². The minimum Gasteiger partial charge on any atom is -0.323 e. The zero-order chi connectivity index (χ0) is 11.4. The maximum absolute atomic E-state index is 6.17. The molecule has 1 unspecified atom stereocenters. The van der Waals surface area contributed by atoms with Crippen molar-refractivity contribution in [3.8, 4) is 0 Å². The van der Waals surface area contributed by atoms with E-state index in [1.54, 1.807) is 0 Å². The van der Waals surface area contributed by atoms with E-state index in [2.05, 4.69) is 31.9 Å². The van der Waals surface area contributed by atoms with Crippen molar-refractivity contribution in [3.63, 3.8) is 0 Å². The Balaban J connectivity index is 2.67. The van der Waals surface area contributed by atoms with E-state index >= 15 is 0 Å². The molecule has 1 heterocycles. The van der Waals surface area contributed by atoms with Gasteiger partial charge in [-0.3, -0.25) is 4.68 Å². The molecule has 0 saturated carbocycles. The minimum absolute atomic E-state index is 0.133. The van der Waals surface area contributed by atoms with Crippen LogP contribution in [0.5, 0.6) is 0 Å². The molecule has 1 rings (SSSR count). The average Bonchev–Trinajstić information content (AvgIpc) is 2.56. The van der Waals surface area contributed by atoms with E-state index in [9.17, 15) is 0 Å². The standard InChI is InChI=1S/C12H23N3/c1-5-15-12(8-10(4)14-15)11(13)7-6-9(2)3/h8-9,11H,5-7,13H2,1-4H3. The fraction of sp³-hybridized carbons (Fsp3) is 0.750. The minimum atomic E-state index is 0.133. The van der Waals surface area contributed by atoms with Gasteiger partial charge >= 0.3 is 0 Å². The molecule has 3 heteroatoms. The van der Waals surface area contributed by atoms with Crippen LogP contribution in [0.3, 0.4) is 0 Å². The lowest BCUT2D eigenvalue weighted by atomic mass is 10.0. The van der Waals surface area contributed by atoms with E-state index in [-0.39, 0.29) is 6.04 Å². The normalized spacial score (nSPS) is 13.5. The third-order valence-electron chi connectivity index (χ3n) is 2.67. The van der Waals surface area contributed by atoms with Gasteiger partial charge in [-0.1, -0.05) is 13.8 Å². The summed E-state index contributed by atoms with van der Waals surface area (Å²) in [7, 11) is 0. The third kappa shape index (κ3) is 3.34. The van der Waals surface area contributed by atoms with Gasteiger partial charge in [-0.25, -0.2) is 0 Å². The maximum Gasteiger partial charge on any atom is 0.0597 e. The Morgan fingerprint density at radius 2 is 2.07 bits per heavy atom. The van der Waals surface area contributed by atoms with Crippen LogP contribution in [0.1, 0.15) is 51.0 Å². The predicted molar refractivity (Wildman–Crippen MR) is 63.6 cm³/mol. The highest BCUT2D eigenvalue weighted by atomic mass is 15.3. The van der Waals surface area contributed by atoms with Gasteiger partial charge in [-0.2, -0.15) is 5.10 Å². The zero-order valence-corrected chi connectivity index (χ0v) is 10.3. The third-order valence-corrected chi connectivity index (χ3v) is 2.67. The fourth-order valence-electron chi connectivity index (χ4n) is 1.78. The van der Waals surface area contributed by atoms with Gasteiger partial charge < -0.3 is 5.73 Å². The molecule has 0 amide bonds. The first-order valence-corrected chi connectivity index (χ1v) is 5.84. The second-order valence-corrected chi connectivity index (χ2v) is 4.60. The molecule has 0 aromatic carbocycles. The van der Waals surface area contributed by atoms with Gasteiger partial charge in [0, 0.05) is 12.6 Å². The van der Waals surface area contributed by atoms with E-state index < -0.39 is 0 Å². The molecule has 3 nitrogen and oxygen atoms in total. The number of nitrogens with two attached hydrogens (primary N) is 1. The number of rotatable bonds is 5. The Morgan fingerprint density at radius 1 is 1.40 bits per heavy atom. The molecule has 0 radical (unpaired) electrons. The lowest BCUT2D eigenvalue weighted by molar-refractivity contribution is 0.479. The molecule has 1 aromatic rings. The van der Waals surface area contributed by atoms with Crippen molar-refractivity contribution in [1.82, 2.24) is 9.78 Å². The monoisotopic (exact) mass is 209 g/mol. The van der Waals surface area contributed by atoms with Crippen LogP contribution >= 0.6 is 0 Å². The average molecular weight is 209 g/mol. The lowest BCUT2D eigenvalue weighted by Crippen LogP contribution is -2.16. The molecule has 2 N–H and O–H groups in total. The Morgan fingerprint density at radius 3 is 2.60 bits per heavy atom. The first kappa shape index (κ1) is 12.2. The van der Waals surface area contributed by atoms with E-state index in [1.165, 1.54) is 12.1 Å². The molecule has 0 saturated heterocycles. The van der Waals surface area contributed by atoms with Crippen LogP contribution < -0.4 is 5.73 Å². The molecule has 0 spiro atoms. The van der Waals surface area contributed by atoms with Gasteiger partial charge in [0.1, 0.15) is 0 Å². The van der Waals surface area contributed by atoms with Gasteiger partial charge in [0.25, 0.3) is 0 Å². The summed E-state index contributed by atoms with van der Waals surface area (Å²) in [5, 5.41) is 4.41. The van der Waals surface area contributed by atoms with E-state index in [4.69, 9.17) is 5.73 Å². The van der Waals surface area contributed by atoms with E-state index in [0.29, 0.717) is 0 Å². The summed E-state index contributed by atoms with van der Waals surface area (Å²) >= 11 is 0. The summed E-state index contributed by atoms with van der Waals surface area (Å²) in [6.45, 7) is 9.48. The van der Waals surface area contributed by atoms with Crippen LogP contribution in [-0.4, -0.2) is 9.78 Å². The van der Waals surface area contributed by atoms with Gasteiger partial charge in [0.05, 0.1) is 11.4 Å². The summed E-state index contributed by atoms with van der Waals surface area (Å²) in [5.41, 5.74) is 8.41. The van der Waals surface area contributed by atoms with Crippen LogP contribution in [0.15, 0.2) is 6.07 Å². The van der Waals surface area contributed by atoms with Crippen molar-refractivity contribution in [3.05, 3.63) is 17.5 Å². The summed E-state index contributed by atoms with van der Waals surface area (Å²) in [4.78, 5) is 0. The zero-order valence-electron chi connectivity index (χ0n) is 10.3. The first-order valence-electron chi connectivity index (χ1n) is 5.84. The van der Waals surface area contributed by atoms with E-state index in [0.717, 1.165) is 24.6 Å². The Hall–Kier alpha value is -0.830. The molecule has 0 aliphatic rings. The highest BCUT2D eigenvalue weighted by molar-refractivity contribution is 5.12. The number of aryl methyl sites for hydroxylation is 2. The largest absolute Gasteiger partial charge is 0.323 e. The van der Waals surface area contributed by atoms with Gasteiger partial charge in [0.15, 0.2) is 0 Å². The quantitative estimate of drug-likeness (QED) is 0.810. The fourth-order valence-corrected chi connectivity index (χ4v) is 1.78. The van der Waals surface area contributed by atoms with Gasteiger partial charge in [0.2, 0.25) is 0 Å². The van der Waals surface area contributed by atoms with Crippen molar-refractivity contribution in [2.45, 2.75) is 53.1 Å². The number of hydrogen-bond donors (Lipinski definition) is 1. The molecule has 86 valence electrons. The predicted octanol–water partition coefficient (Wildman–Crippen LogP) is 2.65. The lowest BCUT2D eigenvalue weighted by Gasteiger charge is -2.14. The highest BCUT2D eigenvalue weighted by Crippen LogP contribution is 2.19. The molecule has 15 heavy (non-hydrogen) atoms. The molecular weight excluding hydrogens is 186 g/mol. The summed E-state index contributed by atoms with van der Waals surface area (Å²) < 4.78 is 2.01. The SMILES string of the molecule is CCn1nc(C)cc1C(N)CCC(C)C. The van der Waals surface area contributed by atoms with E-state index in [1.807, 2.05) is 11.6 Å². The Kier molecular flexibility index (Phi) is 4.33. The summed E-state index contributed by atoms with van der Waals surface area (Å²) in [6, 6.07) is 2.24. The van der Waals surface area contributed by atoms with Crippen LogP contribution in [0.2, 0.25) is 0 Å². The molecule has 0 aliphatic carbocycles. The van der Waals surface area contributed by atoms with Crippen molar-refractivity contribution in [1.29, 1.82) is 0 Å². The van der Waals surface area contributed by atoms with Crippen LogP contribution in [-0.2, 0) is 6.54 Å². The molecule has 1 aromatic heterocycles. The number of hydrogen-bond acceptors (Lipinski definition) is 2. The van der Waals surface area contributed by atoms with Crippen molar-refractivity contribution < 1.29 is 0 Å². The number of nitrogens with zero attached hydrogens (tertiary/aromatic N) is 2. The summed E-state index contributed by atoms with van der Waals surface area (Å²) in [5.74, 6) is 0.718. The highest BCUT2D eigenvalue weighted by Gasteiger charge is 2.12. The second-order valence-electron chi connectivity index (χ2n) is 4.60. The Bertz CT molecular complexity index is 302. The smallest absolute Gasteiger partial charge is 0.0597 e. The maximum atomic E-state index is 6.17. The molecule has 0 bridgehead atoms. The second kappa shape index (κ2) is 5.31. The van der Waals surface area contributed by atoms with Crippen molar-refractivity contribution >= 4 is 0 Å². The van der Waals surface area contributed by atoms with Crippen LogP contribution in [0.4, 0.5) is 0 Å². The summed E-state index contributed by atoms with van der Waals surface area (Å²) in [6.07, 6.45) is 2.22. The first-order chi connectivity index (χ1) is 7.04. The van der Waals surface area contributed by atoms with Crippen molar-refractivity contribution in [2.75, 3.05) is 0 Å². The Labute approximate surface area is 92.7 Å². The van der Waals surface area contributed by atoms with Gasteiger partial charge in [-0.15, -0.1) is 0 Å². The van der Waals surface area contributed by atoms with Crippen LogP contribution in [0, 0.1) is 12.8 Å². The van der Waals surface area contributed by atoms with Crippen molar-refractivity contribution in [2.24, 2.45) is 11.7 Å². The topological polar surface area (TPSA) is 43.8 Å². The number of aromatic nitrogens is 2. The molecule has 0 aliphatic heterocycles. The molecular formula is C12H23N3. The van der Waals surface area contributed by atoms with Gasteiger partial charge in [-0.05, 0) is 38.7 Å². The molecule has 1 atom stereocenters.